The molecule has 2 aromatic carbocycles. The Morgan fingerprint density at radius 2 is 1.56 bits per heavy atom. The van der Waals surface area contributed by atoms with Gasteiger partial charge < -0.3 is 10.4 Å². The minimum absolute atomic E-state index is 0.0820. The third-order valence-corrected chi connectivity index (χ3v) is 4.99. The molecule has 27 heavy (non-hydrogen) atoms. The fourth-order valence-electron chi connectivity index (χ4n) is 3.85. The van der Waals surface area contributed by atoms with Crippen molar-refractivity contribution in [2.75, 3.05) is 5.32 Å². The highest BCUT2D eigenvalue weighted by atomic mass is 16.3. The molecule has 7 heteroatoms. The monoisotopic (exact) mass is 359 g/mol. The molecular weight excluding hydrogens is 346 g/mol. The molecule has 0 fully saturated rings. The third kappa shape index (κ3) is 2.11. The number of rotatable bonds is 1. The normalized spacial score (nSPS) is 17.2. The van der Waals surface area contributed by atoms with Gasteiger partial charge in [0.25, 0.3) is 5.56 Å². The summed E-state index contributed by atoms with van der Waals surface area (Å²) in [7, 11) is 0. The van der Waals surface area contributed by atoms with Crippen LogP contribution in [0.3, 0.4) is 0 Å². The van der Waals surface area contributed by atoms with Crippen LogP contribution in [-0.2, 0) is 0 Å². The van der Waals surface area contributed by atoms with Crippen molar-refractivity contribution >= 4 is 17.3 Å². The van der Waals surface area contributed by atoms with Crippen LogP contribution in [0.1, 0.15) is 33.0 Å². The Balaban J connectivity index is 1.84. The van der Waals surface area contributed by atoms with E-state index in [1.807, 2.05) is 12.1 Å². The Hall–Kier alpha value is -3.87. The number of aromatic nitrogens is 2. The zero-order valence-electron chi connectivity index (χ0n) is 13.9. The molecule has 0 saturated heterocycles. The standard InChI is InChI=1S/C20H13N3O4/c24-10-7-5-9(6-8-10)13-14-16(11-3-1-2-4-12(11)17(14)25)21-18-15(13)19(26)23-20(27)22-18/h1-8,13,24H,(H3,21,22,23,26,27). The molecule has 1 unspecified atom stereocenters. The SMILES string of the molecule is O=C1C2=C(Nc3[nH]c(=O)[nH]c(=O)c3C2c2ccc(O)cc2)c2ccccc21. The highest BCUT2D eigenvalue weighted by Gasteiger charge is 2.41. The van der Waals surface area contributed by atoms with Crippen molar-refractivity contribution in [2.45, 2.75) is 5.92 Å². The summed E-state index contributed by atoms with van der Waals surface area (Å²) in [5.41, 5.74) is 2.06. The van der Waals surface area contributed by atoms with Crippen LogP contribution >= 0.6 is 0 Å². The number of phenolic OH excluding ortho intramolecular Hbond substituents is 1. The Morgan fingerprint density at radius 3 is 2.30 bits per heavy atom. The van der Waals surface area contributed by atoms with Crippen molar-refractivity contribution in [3.63, 3.8) is 0 Å². The third-order valence-electron chi connectivity index (χ3n) is 4.99. The summed E-state index contributed by atoms with van der Waals surface area (Å²) in [5, 5.41) is 12.7. The van der Waals surface area contributed by atoms with Gasteiger partial charge in [-0.25, -0.2) is 4.79 Å². The first-order valence-electron chi connectivity index (χ1n) is 8.35. The van der Waals surface area contributed by atoms with Crippen molar-refractivity contribution in [3.8, 4) is 5.75 Å². The van der Waals surface area contributed by atoms with E-state index >= 15 is 0 Å². The molecule has 0 saturated carbocycles. The second kappa shape index (κ2) is 5.31. The van der Waals surface area contributed by atoms with Crippen LogP contribution in [0, 0.1) is 0 Å². The number of hydrogen-bond acceptors (Lipinski definition) is 5. The number of aromatic hydroxyl groups is 1. The number of H-pyrrole nitrogens is 2. The number of fused-ring (bicyclic) bond motifs is 3. The molecule has 7 nitrogen and oxygen atoms in total. The van der Waals surface area contributed by atoms with E-state index in [-0.39, 0.29) is 22.9 Å². The molecule has 4 N–H and O–H groups in total. The molecule has 132 valence electrons. The molecule has 3 aromatic rings. The quantitative estimate of drug-likeness (QED) is 0.530. The lowest BCUT2D eigenvalue weighted by atomic mass is 9.81. The maximum absolute atomic E-state index is 13.1. The maximum atomic E-state index is 13.1. The van der Waals surface area contributed by atoms with Gasteiger partial charge in [0.05, 0.1) is 11.3 Å². The van der Waals surface area contributed by atoms with Gasteiger partial charge in [-0.15, -0.1) is 0 Å². The molecule has 0 bridgehead atoms. The number of aromatic amines is 2. The Kier molecular flexibility index (Phi) is 3.03. The van der Waals surface area contributed by atoms with Crippen LogP contribution in [-0.4, -0.2) is 20.9 Å². The maximum Gasteiger partial charge on any atom is 0.327 e. The molecule has 0 spiro atoms. The van der Waals surface area contributed by atoms with E-state index in [1.165, 1.54) is 12.1 Å². The van der Waals surface area contributed by atoms with Gasteiger partial charge in [0.1, 0.15) is 11.6 Å². The summed E-state index contributed by atoms with van der Waals surface area (Å²) >= 11 is 0. The zero-order valence-corrected chi connectivity index (χ0v) is 13.9. The average Bonchev–Trinajstić information content (AvgIpc) is 2.93. The smallest absolute Gasteiger partial charge is 0.327 e. The van der Waals surface area contributed by atoms with Crippen molar-refractivity contribution in [2.24, 2.45) is 0 Å². The van der Waals surface area contributed by atoms with E-state index in [1.54, 1.807) is 24.3 Å². The van der Waals surface area contributed by atoms with Crippen molar-refractivity contribution < 1.29 is 9.90 Å². The Labute approximate surface area is 152 Å². The first kappa shape index (κ1) is 15.4. The lowest BCUT2D eigenvalue weighted by Gasteiger charge is -2.27. The van der Waals surface area contributed by atoms with Gasteiger partial charge in [0, 0.05) is 22.6 Å². The number of allylic oxidation sites excluding steroid dienone is 1. The lowest BCUT2D eigenvalue weighted by Crippen LogP contribution is -2.33. The molecule has 0 amide bonds. The number of benzene rings is 2. The van der Waals surface area contributed by atoms with Gasteiger partial charge in [-0.05, 0) is 17.7 Å². The van der Waals surface area contributed by atoms with E-state index in [2.05, 4.69) is 15.3 Å². The summed E-state index contributed by atoms with van der Waals surface area (Å²) in [5.74, 6) is -0.483. The van der Waals surface area contributed by atoms with Gasteiger partial charge in [-0.1, -0.05) is 36.4 Å². The molecule has 1 aliphatic carbocycles. The largest absolute Gasteiger partial charge is 0.508 e. The van der Waals surface area contributed by atoms with Crippen molar-refractivity contribution in [1.29, 1.82) is 0 Å². The van der Waals surface area contributed by atoms with Crippen molar-refractivity contribution in [1.82, 2.24) is 9.97 Å². The van der Waals surface area contributed by atoms with E-state index < -0.39 is 17.2 Å². The summed E-state index contributed by atoms with van der Waals surface area (Å²) in [6.07, 6.45) is 0. The van der Waals surface area contributed by atoms with Crippen molar-refractivity contribution in [3.05, 3.63) is 97.2 Å². The number of anilines is 1. The van der Waals surface area contributed by atoms with Crippen LogP contribution in [0.4, 0.5) is 5.82 Å². The predicted octanol–water partition coefficient (Wildman–Crippen LogP) is 1.93. The van der Waals surface area contributed by atoms with Gasteiger partial charge in [0.2, 0.25) is 0 Å². The van der Waals surface area contributed by atoms with E-state index in [0.717, 1.165) is 5.56 Å². The van der Waals surface area contributed by atoms with E-state index in [4.69, 9.17) is 0 Å². The van der Waals surface area contributed by atoms with Crippen LogP contribution in [0.2, 0.25) is 0 Å². The molecule has 5 rings (SSSR count). The molecule has 0 radical (unpaired) electrons. The van der Waals surface area contributed by atoms with Gasteiger partial charge in [-0.2, -0.15) is 0 Å². The number of phenols is 1. The number of nitrogens with one attached hydrogen (secondary N) is 3. The van der Waals surface area contributed by atoms with E-state index in [0.29, 0.717) is 22.4 Å². The second-order valence-electron chi connectivity index (χ2n) is 6.51. The first-order valence-corrected chi connectivity index (χ1v) is 8.35. The number of carbonyl (C=O) groups is 1. The highest BCUT2D eigenvalue weighted by Crippen LogP contribution is 2.47. The highest BCUT2D eigenvalue weighted by molar-refractivity contribution is 6.23. The minimum Gasteiger partial charge on any atom is -0.508 e. The van der Waals surface area contributed by atoms with Crippen LogP contribution < -0.4 is 16.6 Å². The molecular formula is C20H13N3O4. The summed E-state index contributed by atoms with van der Waals surface area (Å²) in [6, 6.07) is 13.5. The summed E-state index contributed by atoms with van der Waals surface area (Å²) < 4.78 is 0. The summed E-state index contributed by atoms with van der Waals surface area (Å²) in [6.45, 7) is 0. The fourth-order valence-corrected chi connectivity index (χ4v) is 3.85. The Bertz CT molecular complexity index is 1270. The molecule has 2 heterocycles. The predicted molar refractivity (Wildman–Crippen MR) is 98.9 cm³/mol. The summed E-state index contributed by atoms with van der Waals surface area (Å²) in [4.78, 5) is 42.4. The fraction of sp³-hybridized carbons (Fsp3) is 0.0500. The molecule has 1 aliphatic heterocycles. The number of carbonyl (C=O) groups excluding carboxylic acids is 1. The molecule has 1 aromatic heterocycles. The first-order chi connectivity index (χ1) is 13.0. The average molecular weight is 359 g/mol. The number of Topliss-reactive ketones (excluding diaryl/α,β-unsaturated/α-hetero) is 1. The zero-order chi connectivity index (χ0) is 18.7. The van der Waals surface area contributed by atoms with Crippen LogP contribution in [0.15, 0.2) is 63.7 Å². The van der Waals surface area contributed by atoms with Gasteiger partial charge >= 0.3 is 5.69 Å². The minimum atomic E-state index is -0.669. The number of hydrogen-bond donors (Lipinski definition) is 4. The van der Waals surface area contributed by atoms with Gasteiger partial charge in [0.15, 0.2) is 5.78 Å². The topological polar surface area (TPSA) is 115 Å². The van der Waals surface area contributed by atoms with E-state index in [9.17, 15) is 19.5 Å². The second-order valence-corrected chi connectivity index (χ2v) is 6.51. The lowest BCUT2D eigenvalue weighted by molar-refractivity contribution is 0.103. The molecule has 1 atom stereocenters. The molecule has 2 aliphatic rings. The van der Waals surface area contributed by atoms with Crippen LogP contribution in [0.25, 0.3) is 5.70 Å². The Morgan fingerprint density at radius 1 is 0.852 bits per heavy atom. The van der Waals surface area contributed by atoms with Crippen LogP contribution in [0.5, 0.6) is 5.75 Å². The van der Waals surface area contributed by atoms with Gasteiger partial charge in [-0.3, -0.25) is 19.6 Å². The number of ketones is 1.